The van der Waals surface area contributed by atoms with Gasteiger partial charge in [0.05, 0.1) is 0 Å². The number of nitrogens with one attached hydrogen (secondary N) is 1. The van der Waals surface area contributed by atoms with Crippen molar-refractivity contribution in [3.8, 4) is 0 Å². The number of benzene rings is 1. The van der Waals surface area contributed by atoms with Crippen LogP contribution in [0.5, 0.6) is 0 Å². The molecule has 1 aromatic carbocycles. The SMILES string of the molecule is CNCC(C)(F)c1ccc(F)cc1F. The fraction of sp³-hybridized carbons (Fsp3) is 0.400. The van der Waals surface area contributed by atoms with Crippen molar-refractivity contribution in [1.82, 2.24) is 5.32 Å². The van der Waals surface area contributed by atoms with Crippen LogP contribution in [0.25, 0.3) is 0 Å². The topological polar surface area (TPSA) is 12.0 Å². The maximum atomic E-state index is 13.8. The molecule has 1 aromatic rings. The molecule has 0 spiro atoms. The van der Waals surface area contributed by atoms with E-state index in [9.17, 15) is 13.2 Å². The second kappa shape index (κ2) is 4.00. The minimum Gasteiger partial charge on any atom is -0.316 e. The molecule has 0 amide bonds. The van der Waals surface area contributed by atoms with Crippen molar-refractivity contribution in [2.45, 2.75) is 12.6 Å². The summed E-state index contributed by atoms with van der Waals surface area (Å²) in [6.07, 6.45) is 0. The predicted octanol–water partition coefficient (Wildman–Crippen LogP) is 2.37. The van der Waals surface area contributed by atoms with Gasteiger partial charge in [0.25, 0.3) is 0 Å². The molecule has 0 aromatic heterocycles. The van der Waals surface area contributed by atoms with Crippen LogP contribution in [0.4, 0.5) is 13.2 Å². The summed E-state index contributed by atoms with van der Waals surface area (Å²) in [7, 11) is 1.57. The normalized spacial score (nSPS) is 15.2. The molecule has 0 bridgehead atoms. The lowest BCUT2D eigenvalue weighted by molar-refractivity contribution is 0.184. The average molecular weight is 203 g/mol. The van der Waals surface area contributed by atoms with Gasteiger partial charge in [-0.05, 0) is 26.1 Å². The summed E-state index contributed by atoms with van der Waals surface area (Å²) in [4.78, 5) is 0. The van der Waals surface area contributed by atoms with Crippen LogP contribution in [-0.2, 0) is 5.67 Å². The highest BCUT2D eigenvalue weighted by atomic mass is 19.2. The number of hydrogen-bond acceptors (Lipinski definition) is 1. The molecule has 1 atom stereocenters. The lowest BCUT2D eigenvalue weighted by atomic mass is 9.97. The first kappa shape index (κ1) is 11.0. The second-order valence-corrected chi connectivity index (χ2v) is 3.35. The van der Waals surface area contributed by atoms with Gasteiger partial charge in [0.2, 0.25) is 0 Å². The molecule has 1 rings (SSSR count). The van der Waals surface area contributed by atoms with Crippen LogP contribution in [0.1, 0.15) is 12.5 Å². The zero-order chi connectivity index (χ0) is 10.8. The quantitative estimate of drug-likeness (QED) is 0.795. The van der Waals surface area contributed by atoms with Gasteiger partial charge in [-0.15, -0.1) is 0 Å². The Morgan fingerprint density at radius 1 is 1.36 bits per heavy atom. The molecule has 1 nitrogen and oxygen atoms in total. The zero-order valence-electron chi connectivity index (χ0n) is 8.07. The molecule has 1 unspecified atom stereocenters. The second-order valence-electron chi connectivity index (χ2n) is 3.35. The first-order valence-corrected chi connectivity index (χ1v) is 4.26. The molecule has 14 heavy (non-hydrogen) atoms. The standard InChI is InChI=1S/C10H12F3N/c1-10(13,6-14-2)8-4-3-7(11)5-9(8)12/h3-5,14H,6H2,1-2H3. The summed E-state index contributed by atoms with van der Waals surface area (Å²) in [5.74, 6) is -1.56. The van der Waals surface area contributed by atoms with E-state index in [-0.39, 0.29) is 12.1 Å². The number of likely N-dealkylation sites (N-methyl/N-ethyl adjacent to an activating group) is 1. The van der Waals surface area contributed by atoms with Crippen molar-refractivity contribution < 1.29 is 13.2 Å². The molecule has 0 aliphatic rings. The lowest BCUT2D eigenvalue weighted by Crippen LogP contribution is -2.30. The zero-order valence-corrected chi connectivity index (χ0v) is 8.07. The van der Waals surface area contributed by atoms with Gasteiger partial charge in [-0.25, -0.2) is 13.2 Å². The summed E-state index contributed by atoms with van der Waals surface area (Å²) in [6.45, 7) is 1.23. The van der Waals surface area contributed by atoms with Crippen molar-refractivity contribution in [3.05, 3.63) is 35.4 Å². The molecular formula is C10H12F3N. The summed E-state index contributed by atoms with van der Waals surface area (Å²) < 4.78 is 39.5. The van der Waals surface area contributed by atoms with E-state index in [0.717, 1.165) is 12.1 Å². The van der Waals surface area contributed by atoms with Crippen LogP contribution in [0, 0.1) is 11.6 Å². The van der Waals surface area contributed by atoms with E-state index in [1.54, 1.807) is 7.05 Å². The summed E-state index contributed by atoms with van der Waals surface area (Å²) in [5.41, 5.74) is -1.96. The Bertz CT molecular complexity index is 323. The largest absolute Gasteiger partial charge is 0.316 e. The van der Waals surface area contributed by atoms with Crippen LogP contribution in [-0.4, -0.2) is 13.6 Å². The molecule has 1 N–H and O–H groups in total. The van der Waals surface area contributed by atoms with E-state index in [2.05, 4.69) is 5.32 Å². The van der Waals surface area contributed by atoms with E-state index in [1.807, 2.05) is 0 Å². The van der Waals surface area contributed by atoms with Crippen molar-refractivity contribution in [3.63, 3.8) is 0 Å². The Balaban J connectivity index is 3.06. The number of rotatable bonds is 3. The number of halogens is 3. The maximum Gasteiger partial charge on any atom is 0.148 e. The van der Waals surface area contributed by atoms with Gasteiger partial charge in [-0.2, -0.15) is 0 Å². The Kier molecular flexibility index (Phi) is 3.16. The third-order valence-corrected chi connectivity index (χ3v) is 2.00. The van der Waals surface area contributed by atoms with Gasteiger partial charge in [-0.1, -0.05) is 0 Å². The number of alkyl halides is 1. The van der Waals surface area contributed by atoms with E-state index < -0.39 is 17.3 Å². The van der Waals surface area contributed by atoms with Crippen molar-refractivity contribution >= 4 is 0 Å². The molecule has 0 aliphatic carbocycles. The molecular weight excluding hydrogens is 191 g/mol. The Morgan fingerprint density at radius 2 is 2.00 bits per heavy atom. The van der Waals surface area contributed by atoms with Crippen molar-refractivity contribution in [1.29, 1.82) is 0 Å². The highest BCUT2D eigenvalue weighted by Crippen LogP contribution is 2.27. The van der Waals surface area contributed by atoms with Crippen LogP contribution in [0.15, 0.2) is 18.2 Å². The van der Waals surface area contributed by atoms with Gasteiger partial charge in [0, 0.05) is 18.2 Å². The molecule has 78 valence electrons. The Hall–Kier alpha value is -1.03. The lowest BCUT2D eigenvalue weighted by Gasteiger charge is -2.20. The molecule has 4 heteroatoms. The van der Waals surface area contributed by atoms with E-state index in [1.165, 1.54) is 6.92 Å². The molecule has 0 aliphatic heterocycles. The summed E-state index contributed by atoms with van der Waals surface area (Å²) in [5, 5.41) is 2.61. The van der Waals surface area contributed by atoms with E-state index in [0.29, 0.717) is 6.07 Å². The Labute approximate surface area is 80.9 Å². The molecule has 0 fully saturated rings. The monoisotopic (exact) mass is 203 g/mol. The summed E-state index contributed by atoms with van der Waals surface area (Å²) >= 11 is 0. The smallest absolute Gasteiger partial charge is 0.148 e. The van der Waals surface area contributed by atoms with Crippen molar-refractivity contribution in [2.75, 3.05) is 13.6 Å². The van der Waals surface area contributed by atoms with E-state index in [4.69, 9.17) is 0 Å². The van der Waals surface area contributed by atoms with Gasteiger partial charge < -0.3 is 5.32 Å². The highest BCUT2D eigenvalue weighted by Gasteiger charge is 2.28. The third kappa shape index (κ3) is 2.26. The minimum atomic E-state index is -1.83. The number of hydrogen-bond donors (Lipinski definition) is 1. The average Bonchev–Trinajstić information content (AvgIpc) is 2.02. The van der Waals surface area contributed by atoms with Gasteiger partial charge in [0.15, 0.2) is 0 Å². The van der Waals surface area contributed by atoms with E-state index >= 15 is 0 Å². The summed E-state index contributed by atoms with van der Waals surface area (Å²) in [6, 6.07) is 2.86. The van der Waals surface area contributed by atoms with Crippen molar-refractivity contribution in [2.24, 2.45) is 0 Å². The fourth-order valence-corrected chi connectivity index (χ4v) is 1.34. The highest BCUT2D eigenvalue weighted by molar-refractivity contribution is 5.24. The first-order chi connectivity index (χ1) is 6.47. The molecule has 0 radical (unpaired) electrons. The van der Waals surface area contributed by atoms with Gasteiger partial charge in [0.1, 0.15) is 17.3 Å². The predicted molar refractivity (Wildman–Crippen MR) is 48.7 cm³/mol. The van der Waals surface area contributed by atoms with Crippen LogP contribution >= 0.6 is 0 Å². The molecule has 0 heterocycles. The van der Waals surface area contributed by atoms with Gasteiger partial charge in [-0.3, -0.25) is 0 Å². The molecule has 0 saturated heterocycles. The van der Waals surface area contributed by atoms with Gasteiger partial charge >= 0.3 is 0 Å². The third-order valence-electron chi connectivity index (χ3n) is 2.00. The first-order valence-electron chi connectivity index (χ1n) is 4.26. The Morgan fingerprint density at radius 3 is 2.50 bits per heavy atom. The van der Waals surface area contributed by atoms with Crippen LogP contribution in [0.2, 0.25) is 0 Å². The molecule has 0 saturated carbocycles. The van der Waals surface area contributed by atoms with Crippen LogP contribution in [0.3, 0.4) is 0 Å². The minimum absolute atomic E-state index is 0.0183. The maximum absolute atomic E-state index is 13.8. The fourth-order valence-electron chi connectivity index (χ4n) is 1.34. The van der Waals surface area contributed by atoms with Crippen LogP contribution < -0.4 is 5.32 Å².